The Morgan fingerprint density at radius 3 is 2.46 bits per heavy atom. The number of halogens is 2. The third-order valence-corrected chi connectivity index (χ3v) is 4.07. The highest BCUT2D eigenvalue weighted by Gasteiger charge is 2.21. The molecule has 1 fully saturated rings. The Labute approximate surface area is 154 Å². The van der Waals surface area contributed by atoms with Crippen LogP contribution in [0.4, 0.5) is 5.69 Å². The van der Waals surface area contributed by atoms with E-state index in [2.05, 4.69) is 34.5 Å². The van der Waals surface area contributed by atoms with E-state index in [4.69, 9.17) is 10.2 Å². The number of hydrogen-bond acceptors (Lipinski definition) is 4. The van der Waals surface area contributed by atoms with Gasteiger partial charge in [-0.1, -0.05) is 18.2 Å². The number of carbonyl (C=O) groups is 1. The largest absolute Gasteiger partial charge is 0.467 e. The van der Waals surface area contributed by atoms with E-state index < -0.39 is 0 Å². The normalized spacial score (nSPS) is 14.5. The Balaban J connectivity index is 0.00000144. The van der Waals surface area contributed by atoms with Crippen LogP contribution < -0.4 is 16.0 Å². The van der Waals surface area contributed by atoms with Gasteiger partial charge in [0.15, 0.2) is 0 Å². The molecule has 2 heterocycles. The lowest BCUT2D eigenvalue weighted by Crippen LogP contribution is -2.44. The molecule has 1 aromatic carbocycles. The molecule has 0 spiro atoms. The number of benzene rings is 1. The van der Waals surface area contributed by atoms with E-state index in [9.17, 15) is 4.79 Å². The van der Waals surface area contributed by atoms with Crippen molar-refractivity contribution in [2.24, 2.45) is 5.73 Å². The van der Waals surface area contributed by atoms with E-state index in [1.165, 1.54) is 12.0 Å². The van der Waals surface area contributed by atoms with Gasteiger partial charge in [0.25, 0.3) is 5.91 Å². The van der Waals surface area contributed by atoms with Crippen LogP contribution in [0.5, 0.6) is 0 Å². The lowest BCUT2D eigenvalue weighted by molar-refractivity contribution is 0.0930. The summed E-state index contributed by atoms with van der Waals surface area (Å²) in [5.74, 6) is 0.547. The predicted octanol–water partition coefficient (Wildman–Crippen LogP) is 2.98. The minimum Gasteiger partial charge on any atom is -0.467 e. The average molecular weight is 372 g/mol. The molecule has 0 saturated carbocycles. The second kappa shape index (κ2) is 9.57. The van der Waals surface area contributed by atoms with Gasteiger partial charge >= 0.3 is 0 Å². The number of amides is 1. The Bertz CT molecular complexity index is 626. The summed E-state index contributed by atoms with van der Waals surface area (Å²) >= 11 is 0. The van der Waals surface area contributed by atoms with Crippen LogP contribution in [0.3, 0.4) is 0 Å². The molecule has 0 unspecified atom stereocenters. The van der Waals surface area contributed by atoms with Gasteiger partial charge in [0.1, 0.15) is 12.0 Å². The molecule has 0 aliphatic carbocycles. The van der Waals surface area contributed by atoms with Crippen molar-refractivity contribution in [2.75, 3.05) is 18.0 Å². The molecule has 7 heteroatoms. The van der Waals surface area contributed by atoms with Crippen LogP contribution in [-0.2, 0) is 6.54 Å². The smallest absolute Gasteiger partial charge is 0.254 e. The number of hydrogen-bond donors (Lipinski definition) is 2. The summed E-state index contributed by atoms with van der Waals surface area (Å²) in [6.07, 6.45) is 3.36. The zero-order valence-corrected chi connectivity index (χ0v) is 14.9. The van der Waals surface area contributed by atoms with Crippen LogP contribution in [-0.4, -0.2) is 25.0 Å². The van der Waals surface area contributed by atoms with E-state index in [0.717, 1.165) is 25.9 Å². The molecule has 1 aliphatic heterocycles. The van der Waals surface area contributed by atoms with Crippen molar-refractivity contribution in [3.05, 3.63) is 54.0 Å². The molecule has 2 aromatic rings. The Morgan fingerprint density at radius 2 is 1.88 bits per heavy atom. The summed E-state index contributed by atoms with van der Waals surface area (Å²) in [5.41, 5.74) is 7.28. The zero-order valence-electron chi connectivity index (χ0n) is 13.3. The molecule has 3 N–H and O–H groups in total. The topological polar surface area (TPSA) is 71.5 Å². The third kappa shape index (κ3) is 4.90. The molecule has 24 heavy (non-hydrogen) atoms. The highest BCUT2D eigenvalue weighted by atomic mass is 35.5. The fourth-order valence-corrected chi connectivity index (χ4v) is 2.80. The SMILES string of the molecule is Cl.Cl.NCc1cc(C(=O)NC2CCN(c3ccccc3)CC2)co1. The van der Waals surface area contributed by atoms with Crippen LogP contribution in [0.2, 0.25) is 0 Å². The Hall–Kier alpha value is -1.69. The van der Waals surface area contributed by atoms with E-state index in [-0.39, 0.29) is 36.8 Å². The van der Waals surface area contributed by atoms with E-state index in [1.54, 1.807) is 6.07 Å². The van der Waals surface area contributed by atoms with E-state index in [0.29, 0.717) is 17.9 Å². The monoisotopic (exact) mass is 371 g/mol. The molecule has 0 atom stereocenters. The van der Waals surface area contributed by atoms with Gasteiger partial charge in [0, 0.05) is 24.8 Å². The van der Waals surface area contributed by atoms with Gasteiger partial charge in [-0.2, -0.15) is 0 Å². The van der Waals surface area contributed by atoms with Crippen molar-refractivity contribution in [3.63, 3.8) is 0 Å². The molecule has 1 saturated heterocycles. The standard InChI is InChI=1S/C17H21N3O2.2ClH/c18-11-16-10-13(12-22-16)17(21)19-14-6-8-20(9-7-14)15-4-2-1-3-5-15;;/h1-5,10,12,14H,6-9,11,18H2,(H,19,21);2*1H. The fraction of sp³-hybridized carbons (Fsp3) is 0.353. The Morgan fingerprint density at radius 1 is 1.21 bits per heavy atom. The van der Waals surface area contributed by atoms with Crippen LogP contribution in [0.25, 0.3) is 0 Å². The maximum absolute atomic E-state index is 12.2. The number of nitrogens with one attached hydrogen (secondary N) is 1. The van der Waals surface area contributed by atoms with Crippen molar-refractivity contribution in [3.8, 4) is 0 Å². The summed E-state index contributed by atoms with van der Waals surface area (Å²) in [6, 6.07) is 12.3. The Kier molecular flexibility index (Phi) is 8.11. The lowest BCUT2D eigenvalue weighted by Gasteiger charge is -2.33. The van der Waals surface area contributed by atoms with Gasteiger partial charge in [-0.15, -0.1) is 24.8 Å². The molecular formula is C17H23Cl2N3O2. The van der Waals surface area contributed by atoms with Crippen molar-refractivity contribution >= 4 is 36.4 Å². The van der Waals surface area contributed by atoms with Gasteiger partial charge in [0.05, 0.1) is 12.1 Å². The summed E-state index contributed by atoms with van der Waals surface area (Å²) in [7, 11) is 0. The average Bonchev–Trinajstić information content (AvgIpc) is 3.06. The summed E-state index contributed by atoms with van der Waals surface area (Å²) < 4.78 is 5.20. The number of para-hydroxylation sites is 1. The maximum Gasteiger partial charge on any atom is 0.254 e. The predicted molar refractivity (Wildman–Crippen MR) is 100 cm³/mol. The highest BCUT2D eigenvalue weighted by Crippen LogP contribution is 2.19. The number of rotatable bonds is 4. The van der Waals surface area contributed by atoms with Gasteiger partial charge in [-0.25, -0.2) is 0 Å². The summed E-state index contributed by atoms with van der Waals surface area (Å²) in [4.78, 5) is 14.5. The molecule has 3 rings (SSSR count). The van der Waals surface area contributed by atoms with E-state index in [1.807, 2.05) is 6.07 Å². The quantitative estimate of drug-likeness (QED) is 0.866. The lowest BCUT2D eigenvalue weighted by atomic mass is 10.0. The fourth-order valence-electron chi connectivity index (χ4n) is 2.80. The molecule has 1 aliphatic rings. The second-order valence-corrected chi connectivity index (χ2v) is 5.58. The summed E-state index contributed by atoms with van der Waals surface area (Å²) in [5, 5.41) is 3.08. The van der Waals surface area contributed by atoms with Crippen molar-refractivity contribution < 1.29 is 9.21 Å². The minimum absolute atomic E-state index is 0. The molecule has 5 nitrogen and oxygen atoms in total. The maximum atomic E-state index is 12.2. The van der Waals surface area contributed by atoms with Gasteiger partial charge in [-0.05, 0) is 31.0 Å². The molecule has 0 radical (unpaired) electrons. The molecule has 132 valence electrons. The van der Waals surface area contributed by atoms with Crippen LogP contribution >= 0.6 is 24.8 Å². The molecular weight excluding hydrogens is 349 g/mol. The minimum atomic E-state index is -0.0818. The molecule has 1 aromatic heterocycles. The highest BCUT2D eigenvalue weighted by molar-refractivity contribution is 5.94. The first kappa shape index (κ1) is 20.4. The van der Waals surface area contributed by atoms with Gasteiger partial charge < -0.3 is 20.4 Å². The number of anilines is 1. The van der Waals surface area contributed by atoms with Gasteiger partial charge in [-0.3, -0.25) is 4.79 Å². The molecule has 1 amide bonds. The molecule has 0 bridgehead atoms. The van der Waals surface area contributed by atoms with E-state index >= 15 is 0 Å². The number of carbonyl (C=O) groups excluding carboxylic acids is 1. The van der Waals surface area contributed by atoms with Crippen LogP contribution in [0, 0.1) is 0 Å². The van der Waals surface area contributed by atoms with Crippen LogP contribution in [0.15, 0.2) is 47.1 Å². The number of piperidine rings is 1. The first-order valence-electron chi connectivity index (χ1n) is 7.64. The second-order valence-electron chi connectivity index (χ2n) is 5.58. The van der Waals surface area contributed by atoms with Crippen molar-refractivity contribution in [2.45, 2.75) is 25.4 Å². The number of furan rings is 1. The van der Waals surface area contributed by atoms with Crippen molar-refractivity contribution in [1.29, 1.82) is 0 Å². The first-order chi connectivity index (χ1) is 10.8. The van der Waals surface area contributed by atoms with Gasteiger partial charge in [0.2, 0.25) is 0 Å². The summed E-state index contributed by atoms with van der Waals surface area (Å²) in [6.45, 7) is 2.21. The third-order valence-electron chi connectivity index (χ3n) is 4.07. The zero-order chi connectivity index (χ0) is 15.4. The van der Waals surface area contributed by atoms with Crippen LogP contribution in [0.1, 0.15) is 29.0 Å². The van der Waals surface area contributed by atoms with Crippen molar-refractivity contribution in [1.82, 2.24) is 5.32 Å². The first-order valence-corrected chi connectivity index (χ1v) is 7.64. The number of nitrogens with zero attached hydrogens (tertiary/aromatic N) is 1. The number of nitrogens with two attached hydrogens (primary N) is 1.